The molecule has 1 heterocycles. The highest BCUT2D eigenvalue weighted by atomic mass is 35.5. The van der Waals surface area contributed by atoms with Crippen LogP contribution >= 0.6 is 11.6 Å². The Bertz CT molecular complexity index is 748. The maximum absolute atomic E-state index is 10.8. The molecule has 0 unspecified atom stereocenters. The van der Waals surface area contributed by atoms with Crippen LogP contribution in [0.25, 0.3) is 0 Å². The van der Waals surface area contributed by atoms with Gasteiger partial charge in [-0.25, -0.2) is 9.78 Å². The molecule has 0 spiro atoms. The number of pyridine rings is 1. The average molecular weight is 350 g/mol. The van der Waals surface area contributed by atoms with Crippen molar-refractivity contribution in [3.05, 3.63) is 46.6 Å². The Kier molecular flexibility index (Phi) is 5.97. The second-order valence-electron chi connectivity index (χ2n) is 4.57. The first-order valence-electron chi connectivity index (χ1n) is 7.04. The lowest BCUT2D eigenvalue weighted by atomic mass is 10.2. The third-order valence-electron chi connectivity index (χ3n) is 2.94. The highest BCUT2D eigenvalue weighted by molar-refractivity contribution is 6.32. The quantitative estimate of drug-likeness (QED) is 0.588. The predicted molar refractivity (Wildman–Crippen MR) is 91.6 cm³/mol. The first-order chi connectivity index (χ1) is 11.5. The predicted octanol–water partition coefficient (Wildman–Crippen LogP) is 3.29. The zero-order valence-corrected chi connectivity index (χ0v) is 13.9. The number of nitrogens with zero attached hydrogens (tertiary/aromatic N) is 2. The fourth-order valence-corrected chi connectivity index (χ4v) is 2.13. The van der Waals surface area contributed by atoms with Crippen molar-refractivity contribution in [3.8, 4) is 11.5 Å². The number of carbonyl (C=O) groups is 1. The monoisotopic (exact) mass is 349 g/mol. The molecule has 0 aliphatic heterocycles. The van der Waals surface area contributed by atoms with Crippen molar-refractivity contribution in [1.82, 2.24) is 4.98 Å². The van der Waals surface area contributed by atoms with E-state index in [0.717, 1.165) is 0 Å². The van der Waals surface area contributed by atoms with Crippen LogP contribution in [-0.2, 0) is 0 Å². The third kappa shape index (κ3) is 4.36. The van der Waals surface area contributed by atoms with E-state index in [1.807, 2.05) is 6.92 Å². The standard InChI is InChI=1S/C16H16ClN3O4/c1-3-24-15-12(17)6-10(7-13(15)23-2)8-19-20-14-5-4-11(9-18-14)16(21)22/h4-9H,3H2,1-2H3,(H,18,20)(H,21,22)/b19-8+. The summed E-state index contributed by atoms with van der Waals surface area (Å²) in [7, 11) is 1.53. The summed E-state index contributed by atoms with van der Waals surface area (Å²) >= 11 is 6.18. The van der Waals surface area contributed by atoms with E-state index < -0.39 is 5.97 Å². The van der Waals surface area contributed by atoms with Crippen LogP contribution < -0.4 is 14.9 Å². The molecule has 2 rings (SSSR count). The van der Waals surface area contributed by atoms with E-state index in [1.54, 1.807) is 12.1 Å². The van der Waals surface area contributed by atoms with Gasteiger partial charge in [-0.1, -0.05) is 11.6 Å². The van der Waals surface area contributed by atoms with Gasteiger partial charge in [0.1, 0.15) is 5.82 Å². The van der Waals surface area contributed by atoms with Crippen LogP contribution in [0.4, 0.5) is 5.82 Å². The number of carboxylic acid groups (broad SMARTS) is 1. The summed E-state index contributed by atoms with van der Waals surface area (Å²) in [5.74, 6) is 0.376. The first kappa shape index (κ1) is 17.6. The van der Waals surface area contributed by atoms with Crippen LogP contribution in [0.3, 0.4) is 0 Å². The molecule has 2 N–H and O–H groups in total. The summed E-state index contributed by atoms with van der Waals surface area (Å²) in [6.45, 7) is 2.33. The van der Waals surface area contributed by atoms with Gasteiger partial charge in [0.15, 0.2) is 11.5 Å². The van der Waals surface area contributed by atoms with E-state index in [0.29, 0.717) is 34.5 Å². The summed E-state index contributed by atoms with van der Waals surface area (Å²) in [5, 5.41) is 13.3. The Hall–Kier alpha value is -2.80. The molecule has 126 valence electrons. The number of rotatable bonds is 7. The number of anilines is 1. The van der Waals surface area contributed by atoms with Gasteiger partial charge in [0.2, 0.25) is 0 Å². The van der Waals surface area contributed by atoms with Gasteiger partial charge in [-0.3, -0.25) is 5.43 Å². The number of hydrogen-bond donors (Lipinski definition) is 2. The molecule has 0 saturated heterocycles. The first-order valence-corrected chi connectivity index (χ1v) is 7.41. The highest BCUT2D eigenvalue weighted by Crippen LogP contribution is 2.35. The Labute approximate surface area is 143 Å². The molecule has 0 aliphatic carbocycles. The Morgan fingerprint density at radius 1 is 1.46 bits per heavy atom. The molecule has 0 fully saturated rings. The van der Waals surface area contributed by atoms with Crippen LogP contribution in [-0.4, -0.2) is 36.0 Å². The molecule has 0 aliphatic rings. The van der Waals surface area contributed by atoms with E-state index in [9.17, 15) is 4.79 Å². The number of aromatic nitrogens is 1. The zero-order valence-electron chi connectivity index (χ0n) is 13.1. The number of hydrazone groups is 1. The number of methoxy groups -OCH3 is 1. The number of carboxylic acids is 1. The normalized spacial score (nSPS) is 10.6. The SMILES string of the molecule is CCOc1c(Cl)cc(/C=N/Nc2ccc(C(=O)O)cn2)cc1OC. The second kappa shape index (κ2) is 8.16. The van der Waals surface area contributed by atoms with Gasteiger partial charge in [0, 0.05) is 6.20 Å². The highest BCUT2D eigenvalue weighted by Gasteiger charge is 2.10. The van der Waals surface area contributed by atoms with E-state index >= 15 is 0 Å². The van der Waals surface area contributed by atoms with Crippen molar-refractivity contribution in [2.75, 3.05) is 19.1 Å². The fourth-order valence-electron chi connectivity index (χ4n) is 1.86. The van der Waals surface area contributed by atoms with Crippen molar-refractivity contribution in [3.63, 3.8) is 0 Å². The van der Waals surface area contributed by atoms with Gasteiger partial charge in [-0.05, 0) is 36.8 Å². The van der Waals surface area contributed by atoms with Crippen molar-refractivity contribution in [1.29, 1.82) is 0 Å². The van der Waals surface area contributed by atoms with E-state index in [-0.39, 0.29) is 5.56 Å². The van der Waals surface area contributed by atoms with Crippen molar-refractivity contribution >= 4 is 29.6 Å². The molecule has 1 aromatic carbocycles. The lowest BCUT2D eigenvalue weighted by molar-refractivity contribution is 0.0696. The van der Waals surface area contributed by atoms with Crippen molar-refractivity contribution < 1.29 is 19.4 Å². The van der Waals surface area contributed by atoms with Crippen LogP contribution in [0.5, 0.6) is 11.5 Å². The average Bonchev–Trinajstić information content (AvgIpc) is 2.57. The molecule has 24 heavy (non-hydrogen) atoms. The molecule has 0 saturated carbocycles. The number of hydrogen-bond acceptors (Lipinski definition) is 6. The molecule has 7 nitrogen and oxygen atoms in total. The molecule has 0 radical (unpaired) electrons. The number of halogens is 1. The molecule has 1 aromatic heterocycles. The lowest BCUT2D eigenvalue weighted by Crippen LogP contribution is -2.00. The number of ether oxygens (including phenoxy) is 2. The van der Waals surface area contributed by atoms with Gasteiger partial charge >= 0.3 is 5.97 Å². The molecule has 0 amide bonds. The molecule has 2 aromatic rings. The molecule has 0 atom stereocenters. The summed E-state index contributed by atoms with van der Waals surface area (Å²) < 4.78 is 10.7. The minimum atomic E-state index is -1.03. The van der Waals surface area contributed by atoms with E-state index in [2.05, 4.69) is 15.5 Å². The maximum atomic E-state index is 10.8. The molecular formula is C16H16ClN3O4. The summed E-state index contributed by atoms with van der Waals surface area (Å²) in [5.41, 5.74) is 3.51. The van der Waals surface area contributed by atoms with E-state index in [4.69, 9.17) is 26.2 Å². The van der Waals surface area contributed by atoms with Crippen LogP contribution in [0, 0.1) is 0 Å². The van der Waals surface area contributed by atoms with E-state index in [1.165, 1.54) is 31.7 Å². The molecule has 8 heteroatoms. The molecular weight excluding hydrogens is 334 g/mol. The fraction of sp³-hybridized carbons (Fsp3) is 0.188. The van der Waals surface area contributed by atoms with Crippen LogP contribution in [0.15, 0.2) is 35.6 Å². The second-order valence-corrected chi connectivity index (χ2v) is 4.98. The number of benzene rings is 1. The van der Waals surface area contributed by atoms with Gasteiger partial charge < -0.3 is 14.6 Å². The largest absolute Gasteiger partial charge is 0.493 e. The van der Waals surface area contributed by atoms with Crippen LogP contribution in [0.2, 0.25) is 5.02 Å². The Balaban J connectivity index is 2.11. The zero-order chi connectivity index (χ0) is 17.5. The van der Waals surface area contributed by atoms with Gasteiger partial charge in [0.05, 0.1) is 30.5 Å². The number of nitrogens with one attached hydrogen (secondary N) is 1. The summed E-state index contributed by atoms with van der Waals surface area (Å²) in [4.78, 5) is 14.7. The van der Waals surface area contributed by atoms with Crippen molar-refractivity contribution in [2.24, 2.45) is 5.10 Å². The Morgan fingerprint density at radius 3 is 2.83 bits per heavy atom. The smallest absolute Gasteiger partial charge is 0.337 e. The molecule has 0 bridgehead atoms. The topological polar surface area (TPSA) is 93.0 Å². The maximum Gasteiger partial charge on any atom is 0.337 e. The minimum Gasteiger partial charge on any atom is -0.493 e. The number of aromatic carboxylic acids is 1. The van der Waals surface area contributed by atoms with Crippen LogP contribution in [0.1, 0.15) is 22.8 Å². The lowest BCUT2D eigenvalue weighted by Gasteiger charge is -2.11. The minimum absolute atomic E-state index is 0.104. The van der Waals surface area contributed by atoms with Crippen molar-refractivity contribution in [2.45, 2.75) is 6.92 Å². The van der Waals surface area contributed by atoms with Gasteiger partial charge in [-0.2, -0.15) is 5.10 Å². The third-order valence-corrected chi connectivity index (χ3v) is 3.22. The van der Waals surface area contributed by atoms with Gasteiger partial charge in [0.25, 0.3) is 0 Å². The summed E-state index contributed by atoms with van der Waals surface area (Å²) in [6, 6.07) is 6.39. The van der Waals surface area contributed by atoms with Gasteiger partial charge in [-0.15, -0.1) is 0 Å². The Morgan fingerprint density at radius 2 is 2.25 bits per heavy atom. The summed E-state index contributed by atoms with van der Waals surface area (Å²) in [6.07, 6.45) is 2.79.